The van der Waals surface area contributed by atoms with Gasteiger partial charge in [0.15, 0.2) is 0 Å². The number of carbonyl (C=O) groups is 2. The van der Waals surface area contributed by atoms with Crippen LogP contribution in [0.1, 0.15) is 23.8 Å². The molecule has 0 saturated heterocycles. The summed E-state index contributed by atoms with van der Waals surface area (Å²) < 4.78 is 37.4. The molecule has 19 heavy (non-hydrogen) atoms. The van der Waals surface area contributed by atoms with Crippen molar-refractivity contribution in [3.63, 3.8) is 0 Å². The van der Waals surface area contributed by atoms with Crippen molar-refractivity contribution in [2.45, 2.75) is 32.1 Å². The van der Waals surface area contributed by atoms with Crippen LogP contribution in [0.2, 0.25) is 0 Å². The highest BCUT2D eigenvalue weighted by Gasteiger charge is 2.30. The van der Waals surface area contributed by atoms with Gasteiger partial charge in [0.2, 0.25) is 5.91 Å². The maximum Gasteiger partial charge on any atom is 0.391 e. The Morgan fingerprint density at radius 3 is 2.63 bits per heavy atom. The van der Waals surface area contributed by atoms with Gasteiger partial charge in [0.1, 0.15) is 12.2 Å². The Bertz CT molecular complexity index is 468. The Morgan fingerprint density at radius 2 is 2.11 bits per heavy atom. The van der Waals surface area contributed by atoms with Crippen LogP contribution in [0.15, 0.2) is 18.3 Å². The third-order valence-corrected chi connectivity index (χ3v) is 2.31. The third-order valence-electron chi connectivity index (χ3n) is 2.31. The van der Waals surface area contributed by atoms with Gasteiger partial charge in [0.05, 0.1) is 6.42 Å². The smallest absolute Gasteiger partial charge is 0.391 e. The molecule has 1 unspecified atom stereocenters. The normalized spacial score (nSPS) is 13.1. The zero-order valence-electron chi connectivity index (χ0n) is 10.1. The summed E-state index contributed by atoms with van der Waals surface area (Å²) in [6.45, 7) is 0.899. The molecule has 1 heterocycles. The number of aromatic nitrogens is 1. The fourth-order valence-corrected chi connectivity index (χ4v) is 1.62. The number of carboxylic acid groups (broad SMARTS) is 1. The van der Waals surface area contributed by atoms with Crippen molar-refractivity contribution < 1.29 is 27.9 Å². The second-order valence-corrected chi connectivity index (χ2v) is 4.11. The van der Waals surface area contributed by atoms with Gasteiger partial charge in [-0.15, -0.1) is 0 Å². The van der Waals surface area contributed by atoms with E-state index in [-0.39, 0.29) is 12.2 Å². The van der Waals surface area contributed by atoms with Gasteiger partial charge in [0.25, 0.3) is 0 Å². The average molecular weight is 278 g/mol. The first-order valence-corrected chi connectivity index (χ1v) is 5.43. The maximum atomic E-state index is 12.1. The van der Waals surface area contributed by atoms with Crippen LogP contribution in [0.3, 0.4) is 0 Å². The fraction of sp³-hybridized carbons (Fsp3) is 0.455. The van der Waals surface area contributed by atoms with Crippen molar-refractivity contribution in [2.24, 2.45) is 0 Å². The third kappa shape index (κ3) is 5.02. The number of halogens is 3. The van der Waals surface area contributed by atoms with Crippen LogP contribution in [0, 0.1) is 0 Å². The van der Waals surface area contributed by atoms with E-state index < -0.39 is 30.5 Å². The quantitative estimate of drug-likeness (QED) is 0.860. The molecule has 2 N–H and O–H groups in total. The molecule has 1 rings (SSSR count). The van der Waals surface area contributed by atoms with Gasteiger partial charge in [-0.25, -0.2) is 4.79 Å². The van der Waals surface area contributed by atoms with E-state index in [9.17, 15) is 22.8 Å². The number of nitrogens with zero attached hydrogens (tertiary/aromatic N) is 1. The van der Waals surface area contributed by atoms with E-state index in [1.54, 1.807) is 0 Å². The minimum absolute atomic E-state index is 0.0985. The number of hydrogen-bond acceptors (Lipinski definition) is 2. The molecule has 8 heteroatoms. The molecule has 1 aromatic rings. The van der Waals surface area contributed by atoms with E-state index in [0.29, 0.717) is 0 Å². The second kappa shape index (κ2) is 5.77. The Kier molecular flexibility index (Phi) is 4.57. The molecule has 1 amide bonds. The van der Waals surface area contributed by atoms with E-state index in [1.165, 1.54) is 25.3 Å². The Morgan fingerprint density at radius 1 is 1.47 bits per heavy atom. The zero-order valence-corrected chi connectivity index (χ0v) is 10.1. The summed E-state index contributed by atoms with van der Waals surface area (Å²) in [5, 5.41) is 11.0. The molecular weight excluding hydrogens is 265 g/mol. The number of amides is 1. The lowest BCUT2D eigenvalue weighted by molar-refractivity contribution is -0.141. The monoisotopic (exact) mass is 278 g/mol. The SMILES string of the molecule is CC(CC(F)(F)F)NC(=O)Cn1cccc1C(=O)O. The average Bonchev–Trinajstić information content (AvgIpc) is 2.61. The topological polar surface area (TPSA) is 71.3 Å². The van der Waals surface area contributed by atoms with Crippen LogP contribution in [-0.2, 0) is 11.3 Å². The summed E-state index contributed by atoms with van der Waals surface area (Å²) in [6.07, 6.45) is -4.11. The predicted octanol–water partition coefficient (Wildman–Crippen LogP) is 1.64. The summed E-state index contributed by atoms with van der Waals surface area (Å²) in [5.74, 6) is -1.88. The molecule has 1 atom stereocenters. The number of nitrogens with one attached hydrogen (secondary N) is 1. The van der Waals surface area contributed by atoms with Crippen LogP contribution < -0.4 is 5.32 Å². The highest BCUT2D eigenvalue weighted by atomic mass is 19.4. The van der Waals surface area contributed by atoms with Gasteiger partial charge in [-0.1, -0.05) is 0 Å². The van der Waals surface area contributed by atoms with E-state index >= 15 is 0 Å². The lowest BCUT2D eigenvalue weighted by Crippen LogP contribution is -2.38. The molecule has 0 saturated carbocycles. The molecule has 0 aliphatic rings. The van der Waals surface area contributed by atoms with Crippen LogP contribution >= 0.6 is 0 Å². The molecular formula is C11H13F3N2O3. The molecule has 0 aliphatic heterocycles. The van der Waals surface area contributed by atoms with Gasteiger partial charge >= 0.3 is 12.1 Å². The first-order chi connectivity index (χ1) is 8.69. The van der Waals surface area contributed by atoms with Crippen molar-refractivity contribution in [3.8, 4) is 0 Å². The second-order valence-electron chi connectivity index (χ2n) is 4.11. The summed E-state index contributed by atoms with van der Waals surface area (Å²) >= 11 is 0. The highest BCUT2D eigenvalue weighted by molar-refractivity contribution is 5.86. The summed E-state index contributed by atoms with van der Waals surface area (Å²) in [7, 11) is 0. The maximum absolute atomic E-state index is 12.1. The first kappa shape index (κ1) is 15.1. The van der Waals surface area contributed by atoms with Crippen molar-refractivity contribution >= 4 is 11.9 Å². The number of aromatic carboxylic acids is 1. The fourth-order valence-electron chi connectivity index (χ4n) is 1.62. The Balaban J connectivity index is 2.56. The van der Waals surface area contributed by atoms with Crippen LogP contribution in [0.5, 0.6) is 0 Å². The lowest BCUT2D eigenvalue weighted by atomic mass is 10.2. The zero-order chi connectivity index (χ0) is 14.6. The number of carbonyl (C=O) groups excluding carboxylic acids is 1. The molecule has 0 radical (unpaired) electrons. The highest BCUT2D eigenvalue weighted by Crippen LogP contribution is 2.21. The molecule has 0 aliphatic carbocycles. The summed E-state index contributed by atoms with van der Waals surface area (Å²) in [5.41, 5.74) is -0.0985. The van der Waals surface area contributed by atoms with Crippen LogP contribution in [0.25, 0.3) is 0 Å². The minimum Gasteiger partial charge on any atom is -0.477 e. The number of alkyl halides is 3. The molecule has 1 aromatic heterocycles. The van der Waals surface area contributed by atoms with E-state index in [1.807, 2.05) is 0 Å². The standard InChI is InChI=1S/C11H13F3N2O3/c1-7(5-11(12,13)14)15-9(17)6-16-4-2-3-8(16)10(18)19/h2-4,7H,5-6H2,1H3,(H,15,17)(H,18,19). The van der Waals surface area contributed by atoms with Crippen LogP contribution in [0.4, 0.5) is 13.2 Å². The van der Waals surface area contributed by atoms with Crippen molar-refractivity contribution in [1.29, 1.82) is 0 Å². The number of carboxylic acids is 1. The van der Waals surface area contributed by atoms with E-state index in [2.05, 4.69) is 5.32 Å². The molecule has 0 spiro atoms. The van der Waals surface area contributed by atoms with E-state index in [4.69, 9.17) is 5.11 Å². The predicted molar refractivity (Wildman–Crippen MR) is 59.7 cm³/mol. The van der Waals surface area contributed by atoms with Crippen molar-refractivity contribution in [2.75, 3.05) is 0 Å². The first-order valence-electron chi connectivity index (χ1n) is 5.43. The largest absolute Gasteiger partial charge is 0.477 e. The number of rotatable bonds is 5. The molecule has 5 nitrogen and oxygen atoms in total. The molecule has 0 fully saturated rings. The van der Waals surface area contributed by atoms with Crippen molar-refractivity contribution in [3.05, 3.63) is 24.0 Å². The lowest BCUT2D eigenvalue weighted by Gasteiger charge is -2.16. The van der Waals surface area contributed by atoms with Crippen molar-refractivity contribution in [1.82, 2.24) is 9.88 Å². The van der Waals surface area contributed by atoms with E-state index in [0.717, 1.165) is 4.57 Å². The van der Waals surface area contributed by atoms with Gasteiger partial charge < -0.3 is 15.0 Å². The van der Waals surface area contributed by atoms with Gasteiger partial charge in [-0.2, -0.15) is 13.2 Å². The molecule has 0 aromatic carbocycles. The summed E-state index contributed by atoms with van der Waals surface area (Å²) in [4.78, 5) is 22.3. The minimum atomic E-state index is -4.35. The van der Waals surface area contributed by atoms with Gasteiger partial charge in [-0.3, -0.25) is 4.79 Å². The van der Waals surface area contributed by atoms with Crippen LogP contribution in [-0.4, -0.2) is 33.8 Å². The Hall–Kier alpha value is -1.99. The molecule has 0 bridgehead atoms. The Labute approximate surface area is 107 Å². The number of hydrogen-bond donors (Lipinski definition) is 2. The van der Waals surface area contributed by atoms with Gasteiger partial charge in [-0.05, 0) is 19.1 Å². The summed E-state index contributed by atoms with van der Waals surface area (Å²) in [6, 6.07) is 1.68. The molecule has 106 valence electrons. The van der Waals surface area contributed by atoms with Gasteiger partial charge in [0, 0.05) is 12.2 Å².